The van der Waals surface area contributed by atoms with E-state index in [1.807, 2.05) is 0 Å². The first-order chi connectivity index (χ1) is 23.1. The summed E-state index contributed by atoms with van der Waals surface area (Å²) in [7, 11) is 0. The summed E-state index contributed by atoms with van der Waals surface area (Å²) in [5, 5.41) is 10.9. The number of unbranched alkanes of at least 4 members (excludes halogenated alkanes) is 32. The number of hydrogen-bond acceptors (Lipinski definition) is 3. The molecule has 0 aromatic rings. The van der Waals surface area contributed by atoms with Crippen molar-refractivity contribution < 1.29 is 61.3 Å². The minimum absolute atomic E-state index is 0. The molecule has 0 saturated heterocycles. The number of carbonyl (C=O) groups is 1. The van der Waals surface area contributed by atoms with Crippen LogP contribution in [0.1, 0.15) is 258 Å². The Morgan fingerprint density at radius 1 is 0.417 bits per heavy atom. The van der Waals surface area contributed by atoms with Gasteiger partial charge in [0, 0.05) is 12.0 Å². The molecule has 0 bridgehead atoms. The molecule has 0 N–H and O–H groups in total. The van der Waals surface area contributed by atoms with E-state index in [9.17, 15) is 9.90 Å². The first-order valence-corrected chi connectivity index (χ1v) is 22.1. The van der Waals surface area contributed by atoms with Crippen molar-refractivity contribution in [3.8, 4) is 0 Å². The predicted molar refractivity (Wildman–Crippen MR) is 208 cm³/mol. The van der Waals surface area contributed by atoms with Crippen molar-refractivity contribution in [2.45, 2.75) is 264 Å². The fourth-order valence-corrected chi connectivity index (χ4v) is 7.36. The molecule has 0 saturated carbocycles. The summed E-state index contributed by atoms with van der Waals surface area (Å²) in [6.07, 6.45) is 50.1. The van der Waals surface area contributed by atoms with Crippen molar-refractivity contribution in [2.24, 2.45) is 0 Å². The number of carbonyl (C=O) groups excluding carboxylic acids is 1. The average molecular weight is 702 g/mol. The Kier molecular flexibility index (Phi) is 47.2. The first-order valence-electron chi connectivity index (χ1n) is 22.1. The Bertz CT molecular complexity index is 562. The molecule has 0 amide bonds. The largest absolute Gasteiger partial charge is 1.00 e. The molecule has 0 aromatic carbocycles. The van der Waals surface area contributed by atoms with Crippen LogP contribution in [0.3, 0.4) is 0 Å². The molecule has 0 aliphatic heterocycles. The van der Waals surface area contributed by atoms with Gasteiger partial charge in [-0.3, -0.25) is 0 Å². The average Bonchev–Trinajstić information content (AvgIpc) is 3.06. The van der Waals surface area contributed by atoms with Gasteiger partial charge in [0.15, 0.2) is 0 Å². The second kappa shape index (κ2) is 44.2. The fraction of sp³-hybridized carbons (Fsp3) is 0.977. The van der Waals surface area contributed by atoms with Gasteiger partial charge < -0.3 is 14.8 Å². The summed E-state index contributed by atoms with van der Waals surface area (Å²) in [6.45, 7) is 9.28. The van der Waals surface area contributed by atoms with E-state index < -0.39 is 5.97 Å². The van der Waals surface area contributed by atoms with E-state index in [0.717, 1.165) is 12.8 Å². The summed E-state index contributed by atoms with van der Waals surface area (Å²) in [6, 6.07) is 0.483. The first kappa shape index (κ1) is 51.2. The molecule has 0 radical (unpaired) electrons. The van der Waals surface area contributed by atoms with E-state index in [1.54, 1.807) is 0 Å². The van der Waals surface area contributed by atoms with Gasteiger partial charge in [0.05, 0.1) is 0 Å². The minimum Gasteiger partial charge on any atom is -0.550 e. The monoisotopic (exact) mass is 702 g/mol. The van der Waals surface area contributed by atoms with Crippen LogP contribution in [0.4, 0.5) is 0 Å². The molecule has 48 heavy (non-hydrogen) atoms. The quantitative estimate of drug-likeness (QED) is 0.0471. The number of aliphatic carboxylic acids is 1. The molecule has 1 unspecified atom stereocenters. The number of rotatable bonds is 41. The zero-order chi connectivity index (χ0) is 34.3. The molecule has 1 atom stereocenters. The van der Waals surface area contributed by atoms with E-state index in [2.05, 4.69) is 25.7 Å². The molecule has 3 nitrogen and oxygen atoms in total. The van der Waals surface area contributed by atoms with Gasteiger partial charge in [-0.25, -0.2) is 0 Å². The third-order valence-corrected chi connectivity index (χ3v) is 10.7. The Hall–Kier alpha value is 1.07. The third kappa shape index (κ3) is 41.5. The normalized spacial score (nSPS) is 12.1. The Morgan fingerprint density at radius 3 is 0.875 bits per heavy atom. The molecular weight excluding hydrogens is 614 g/mol. The van der Waals surface area contributed by atoms with Gasteiger partial charge in [0.2, 0.25) is 0 Å². The standard InChI is InChI=1S/C44H89NO2.K/c1-4-6-8-10-12-14-16-18-20-22-24-26-28-30-32-34-36-41-45(43(3)39-38-40-44(46)47)42-37-35-33-31-29-27-25-23-21-19-17-15-13-11-9-7-5-2;/h43H,4-42H2,1-3H3,(H,46,47);/q;+1/p-1. The van der Waals surface area contributed by atoms with Crippen molar-refractivity contribution in [1.29, 1.82) is 0 Å². The van der Waals surface area contributed by atoms with Crippen LogP contribution in [0.25, 0.3) is 0 Å². The molecule has 0 spiro atoms. The van der Waals surface area contributed by atoms with E-state index in [-0.39, 0.29) is 57.8 Å². The molecule has 0 aliphatic carbocycles. The molecule has 282 valence electrons. The minimum atomic E-state index is -0.898. The smallest absolute Gasteiger partial charge is 0.550 e. The summed E-state index contributed by atoms with van der Waals surface area (Å²) < 4.78 is 0. The topological polar surface area (TPSA) is 43.4 Å². The van der Waals surface area contributed by atoms with Crippen LogP contribution in [0.15, 0.2) is 0 Å². The van der Waals surface area contributed by atoms with Crippen molar-refractivity contribution in [3.63, 3.8) is 0 Å². The summed E-state index contributed by atoms with van der Waals surface area (Å²) in [4.78, 5) is 13.6. The van der Waals surface area contributed by atoms with Gasteiger partial charge in [-0.1, -0.05) is 219 Å². The summed E-state index contributed by atoms with van der Waals surface area (Å²) >= 11 is 0. The van der Waals surface area contributed by atoms with Crippen LogP contribution in [-0.4, -0.2) is 30.0 Å². The zero-order valence-electron chi connectivity index (χ0n) is 33.9. The van der Waals surface area contributed by atoms with Crippen molar-refractivity contribution in [1.82, 2.24) is 4.90 Å². The predicted octanol–water partition coefficient (Wildman–Crippen LogP) is 10.9. The van der Waals surface area contributed by atoms with Gasteiger partial charge >= 0.3 is 51.4 Å². The van der Waals surface area contributed by atoms with Crippen LogP contribution in [0.5, 0.6) is 0 Å². The van der Waals surface area contributed by atoms with Crippen LogP contribution in [-0.2, 0) is 4.79 Å². The molecule has 0 aliphatic rings. The Balaban J connectivity index is 0. The third-order valence-electron chi connectivity index (χ3n) is 10.7. The van der Waals surface area contributed by atoms with Gasteiger partial charge in [0.1, 0.15) is 0 Å². The van der Waals surface area contributed by atoms with Crippen molar-refractivity contribution in [2.75, 3.05) is 13.1 Å². The van der Waals surface area contributed by atoms with E-state index in [4.69, 9.17) is 0 Å². The Labute approximate surface area is 346 Å². The van der Waals surface area contributed by atoms with Crippen molar-refractivity contribution >= 4 is 5.97 Å². The molecular formula is C44H88KNO2. The van der Waals surface area contributed by atoms with Gasteiger partial charge in [-0.05, 0) is 52.1 Å². The number of carboxylic acid groups (broad SMARTS) is 1. The number of hydrogen-bond donors (Lipinski definition) is 0. The molecule has 0 rings (SSSR count). The maximum atomic E-state index is 10.9. The molecule has 0 heterocycles. The van der Waals surface area contributed by atoms with E-state index in [1.165, 1.54) is 231 Å². The van der Waals surface area contributed by atoms with Gasteiger partial charge in [-0.2, -0.15) is 0 Å². The number of nitrogens with zero attached hydrogens (tertiary/aromatic N) is 1. The maximum absolute atomic E-state index is 10.9. The SMILES string of the molecule is CCCCCCCCCCCCCCCCCCCN(CCCCCCCCCCCCCCCCCCC)C(C)CCCC(=O)[O-].[K+]. The molecule has 0 fully saturated rings. The van der Waals surface area contributed by atoms with Crippen LogP contribution in [0, 0.1) is 0 Å². The van der Waals surface area contributed by atoms with Crippen LogP contribution < -0.4 is 56.5 Å². The number of carboxylic acids is 1. The second-order valence-corrected chi connectivity index (χ2v) is 15.5. The molecule has 4 heteroatoms. The van der Waals surface area contributed by atoms with Crippen molar-refractivity contribution in [3.05, 3.63) is 0 Å². The van der Waals surface area contributed by atoms with Gasteiger partial charge in [0.25, 0.3) is 0 Å². The molecule has 0 aromatic heterocycles. The zero-order valence-corrected chi connectivity index (χ0v) is 37.0. The van der Waals surface area contributed by atoms with Crippen LogP contribution in [0.2, 0.25) is 0 Å². The summed E-state index contributed by atoms with van der Waals surface area (Å²) in [5.74, 6) is -0.898. The maximum Gasteiger partial charge on any atom is 1.00 e. The van der Waals surface area contributed by atoms with E-state index >= 15 is 0 Å². The van der Waals surface area contributed by atoms with Gasteiger partial charge in [-0.15, -0.1) is 0 Å². The Morgan fingerprint density at radius 2 is 0.646 bits per heavy atom. The fourth-order valence-electron chi connectivity index (χ4n) is 7.36. The van der Waals surface area contributed by atoms with Crippen LogP contribution >= 0.6 is 0 Å². The summed E-state index contributed by atoms with van der Waals surface area (Å²) in [5.41, 5.74) is 0. The van der Waals surface area contributed by atoms with E-state index in [0.29, 0.717) is 6.04 Å². The second-order valence-electron chi connectivity index (χ2n) is 15.5.